The minimum atomic E-state index is -3.26. The minimum Gasteiger partial charge on any atom is -1.00 e. The van der Waals surface area contributed by atoms with Gasteiger partial charge in [0, 0.05) is 52.7 Å². The maximum Gasteiger partial charge on any atom is 1.00 e. The number of aromatic nitrogens is 13. The Kier molecular flexibility index (Phi) is 41.7. The van der Waals surface area contributed by atoms with E-state index in [1.165, 1.54) is 19.4 Å². The SMILES string of the molecule is C.C=NCS(=O)(=O)c1ccc(C)cc1.COC(=O)c1cccc(C)n1.Cc1cccc(-c2cncn2-c2ccc3ncc(C#N)n3c2)n1.Cc1cccc(C(=O)O)n1.Cc1cccc(C=Nc2ccc3ncc(C#N)n3c2)n1.Cc1cccc(C=O)n1.N#Cc1cnc2ccc(N)cn12.O=CO.O=CO[O-].[H-].[K+].[K+]. The number of sulfone groups is 1. The predicted octanol–water partition coefficient (Wildman–Crippen LogP) is 4.00. The summed E-state index contributed by atoms with van der Waals surface area (Å²) in [5.74, 6) is -1.63. The number of aliphatic imine (C=N–C) groups is 2. The second-order valence-corrected chi connectivity index (χ2v) is 22.9. The number of aromatic carboxylic acids is 1. The predicted molar refractivity (Wildman–Crippen MR) is 393 cm³/mol. The first-order chi connectivity index (χ1) is 50.5. The fourth-order valence-electron chi connectivity index (χ4n) is 8.55. The van der Waals surface area contributed by atoms with Gasteiger partial charge in [0.15, 0.2) is 16.1 Å². The Bertz CT molecular complexity index is 5410. The number of hydrogen-bond acceptors (Lipinski definition) is 25. The molecule has 0 saturated carbocycles. The Morgan fingerprint density at radius 2 is 1.07 bits per heavy atom. The molecule has 34 heteroatoms. The molecule has 31 nitrogen and oxygen atoms in total. The van der Waals surface area contributed by atoms with Crippen LogP contribution in [0.4, 0.5) is 11.4 Å². The molecule has 0 aliphatic carbocycles. The summed E-state index contributed by atoms with van der Waals surface area (Å²) in [5, 5.41) is 50.6. The van der Waals surface area contributed by atoms with Gasteiger partial charge in [-0.2, -0.15) is 15.8 Å². The monoisotopic (exact) mass is 1530 g/mol. The van der Waals surface area contributed by atoms with Crippen molar-refractivity contribution in [3.63, 3.8) is 0 Å². The van der Waals surface area contributed by atoms with Gasteiger partial charge in [-0.25, -0.2) is 47.9 Å². The first-order valence-corrected chi connectivity index (χ1v) is 32.1. The third-order valence-corrected chi connectivity index (χ3v) is 14.8. The number of carbonyl (C=O) groups is 5. The molecule has 13 aromatic rings. The zero-order valence-electron chi connectivity index (χ0n) is 60.3. The van der Waals surface area contributed by atoms with Gasteiger partial charge in [-0.3, -0.25) is 57.1 Å². The van der Waals surface area contributed by atoms with E-state index in [0.717, 1.165) is 85.7 Å². The molecule has 12 heterocycles. The number of carboxylic acid groups (broad SMARTS) is 2. The van der Waals surface area contributed by atoms with Crippen LogP contribution in [0.25, 0.3) is 34.0 Å². The first-order valence-electron chi connectivity index (χ1n) is 30.4. The van der Waals surface area contributed by atoms with E-state index in [-0.39, 0.29) is 136 Å². The third kappa shape index (κ3) is 29.9. The van der Waals surface area contributed by atoms with Crippen LogP contribution < -0.4 is 114 Å². The van der Waals surface area contributed by atoms with Crippen LogP contribution in [0, 0.1) is 75.5 Å². The molecule has 0 aliphatic heterocycles. The number of ether oxygens (including phenoxy) is 1. The Balaban J connectivity index is 0.000000637. The van der Waals surface area contributed by atoms with Gasteiger partial charge in [0.2, 0.25) is 0 Å². The van der Waals surface area contributed by atoms with Gasteiger partial charge in [-0.1, -0.05) is 55.5 Å². The number of nitrogens with zero attached hydrogens (tertiary/aromatic N) is 18. The number of benzene rings is 1. The molecule has 1 aromatic carbocycles. The van der Waals surface area contributed by atoms with Gasteiger partial charge in [0.25, 0.3) is 12.9 Å². The number of nitrogen functional groups attached to an aromatic ring is 1. The number of pyridine rings is 8. The van der Waals surface area contributed by atoms with Crippen LogP contribution in [0.5, 0.6) is 0 Å². The molecule has 0 aliphatic rings. The third-order valence-electron chi connectivity index (χ3n) is 13.3. The van der Waals surface area contributed by atoms with Crippen LogP contribution in [0.15, 0.2) is 216 Å². The van der Waals surface area contributed by atoms with E-state index in [1.54, 1.807) is 130 Å². The molecule has 0 radical (unpaired) electrons. The molecule has 0 fully saturated rings. The summed E-state index contributed by atoms with van der Waals surface area (Å²) in [5.41, 5.74) is 20.3. The van der Waals surface area contributed by atoms with Crippen molar-refractivity contribution in [3.05, 3.63) is 275 Å². The van der Waals surface area contributed by atoms with E-state index in [2.05, 4.69) is 83.3 Å². The number of methoxy groups -OCH3 is 1. The van der Waals surface area contributed by atoms with Crippen molar-refractivity contribution in [3.8, 4) is 35.3 Å². The number of carbonyl (C=O) groups excluding carboxylic acids is 3. The quantitative estimate of drug-likeness (QED) is 0.0411. The van der Waals surface area contributed by atoms with Crippen LogP contribution in [0.1, 0.15) is 97.1 Å². The summed E-state index contributed by atoms with van der Waals surface area (Å²) in [6.07, 6.45) is 15.9. The molecule has 542 valence electrons. The zero-order valence-corrected chi connectivity index (χ0v) is 66.4. The molecule has 12 aromatic heterocycles. The summed E-state index contributed by atoms with van der Waals surface area (Å²) in [4.78, 5) is 96.1. The number of fused-ring (bicyclic) bond motifs is 3. The van der Waals surface area contributed by atoms with E-state index in [9.17, 15) is 22.8 Å². The fourth-order valence-corrected chi connectivity index (χ4v) is 9.49. The average molecular weight is 1530 g/mol. The number of imidazole rings is 4. The van der Waals surface area contributed by atoms with E-state index < -0.39 is 21.8 Å². The minimum absolute atomic E-state index is 0. The number of hydrogen-bond donors (Lipinski definition) is 3. The van der Waals surface area contributed by atoms with Gasteiger partial charge in [-0.15, -0.1) is 0 Å². The average Bonchev–Trinajstić information content (AvgIpc) is 1.68. The number of aldehydes is 1. The van der Waals surface area contributed by atoms with Crippen molar-refractivity contribution >= 4 is 82.3 Å². The van der Waals surface area contributed by atoms with Crippen molar-refractivity contribution in [2.24, 2.45) is 9.98 Å². The molecule has 108 heavy (non-hydrogen) atoms. The Morgan fingerprint density at radius 1 is 0.620 bits per heavy atom. The Labute approximate surface area is 707 Å². The maximum absolute atomic E-state index is 11.4. The molecule has 0 amide bonds. The summed E-state index contributed by atoms with van der Waals surface area (Å²) >= 11 is 0. The normalized spacial score (nSPS) is 9.64. The molecular weight excluding hydrogens is 1460 g/mol. The van der Waals surface area contributed by atoms with Gasteiger partial charge in [0.05, 0.1) is 77.8 Å². The number of carboxylic acids is 1. The topological polar surface area (TPSA) is 458 Å². The van der Waals surface area contributed by atoms with Crippen molar-refractivity contribution in [1.82, 2.24) is 62.6 Å². The second kappa shape index (κ2) is 48.7. The molecule has 0 spiro atoms. The van der Waals surface area contributed by atoms with Crippen LogP contribution in [-0.2, 0) is 29.1 Å². The summed E-state index contributed by atoms with van der Waals surface area (Å²) in [6, 6.07) is 51.1. The number of anilines is 1. The molecule has 0 atom stereocenters. The smallest absolute Gasteiger partial charge is 1.00 e. The van der Waals surface area contributed by atoms with Crippen LogP contribution in [0.3, 0.4) is 0 Å². The number of aryl methyl sites for hydroxylation is 6. The molecular formula is C74H71K2N19O12S. The van der Waals surface area contributed by atoms with Crippen molar-refractivity contribution in [2.45, 2.75) is 53.9 Å². The van der Waals surface area contributed by atoms with E-state index in [4.69, 9.17) is 46.6 Å². The Hall–Kier alpha value is -11.4. The Morgan fingerprint density at radius 3 is 1.54 bits per heavy atom. The van der Waals surface area contributed by atoms with Crippen LogP contribution >= 0.6 is 0 Å². The molecule has 0 saturated heterocycles. The first kappa shape index (κ1) is 92.7. The molecule has 0 bridgehead atoms. The maximum atomic E-state index is 11.4. The molecule has 0 unspecified atom stereocenters. The van der Waals surface area contributed by atoms with E-state index in [1.807, 2.05) is 130 Å². The van der Waals surface area contributed by atoms with Crippen LogP contribution in [-0.4, -0.2) is 138 Å². The van der Waals surface area contributed by atoms with E-state index >= 15 is 0 Å². The zero-order chi connectivity index (χ0) is 76.8. The fraction of sp³-hybridized carbons (Fsp3) is 0.122. The second-order valence-electron chi connectivity index (χ2n) is 21.0. The summed E-state index contributed by atoms with van der Waals surface area (Å²) in [7, 11) is -1.92. The van der Waals surface area contributed by atoms with Gasteiger partial charge < -0.3 is 32.3 Å². The van der Waals surface area contributed by atoms with E-state index in [0.29, 0.717) is 39.1 Å². The van der Waals surface area contributed by atoms with Gasteiger partial charge in [-0.05, 0) is 157 Å². The van der Waals surface area contributed by atoms with Crippen LogP contribution in [0.2, 0.25) is 0 Å². The molecule has 13 rings (SSSR count). The number of nitriles is 3. The number of nitrogens with two attached hydrogens (primary N) is 1. The summed E-state index contributed by atoms with van der Waals surface area (Å²) < 4.78 is 34.4. The standard InChI is InChI=1S/C17H12N6.C15H11N5.C9H11NO2S.C8H6N4.C8H9NO2.C7H7NO2.C7H7NO.CH2O3.CH2O2.CH4.2K.H/c1-12-3-2-4-15(21-12)16-9-19-11-23(16)13-5-6-17-20-8-14(7-18)22(17)10-13;1-11-3-2-4-12(19-11)8-17-13-5-6-15-18-9-14(7-16)20(15)10-13;1-8-3-5-9(6-4-8)13(11,12)7-10-2;9-3-7-4-11-8-2-1-6(10)5-12(7)8;1-6-4-3-5-7(9-6)8(10)11-2;1-5-3-2-4-6(8-5)7(9)10;1-6-3-2-4-7(5-9)8-6;2-1-4-3;2-1-3;;;;/h2-6,8-11H,1H3;2-6,8-10H,1H3;3-6H,2,7H2,1H3;1-2,4-5H,10H2;3-5H,1-2H3;2-4H,1H3,(H,9,10);2-5H,1H3;1,3H;1H,(H,2,3);1H4;;;/q;;;;;;;;;;2*+1;-1/p-1. The number of esters is 1. The summed E-state index contributed by atoms with van der Waals surface area (Å²) in [6.45, 7) is 14.0. The number of rotatable bonds is 11. The van der Waals surface area contributed by atoms with Crippen molar-refractivity contribution < 1.29 is 162 Å². The van der Waals surface area contributed by atoms with Crippen molar-refractivity contribution in [1.29, 1.82) is 15.8 Å². The molecule has 4 N–H and O–H groups in total. The van der Waals surface area contributed by atoms with Crippen molar-refractivity contribution in [2.75, 3.05) is 18.7 Å². The van der Waals surface area contributed by atoms with Gasteiger partial charge in [0.1, 0.15) is 75.2 Å². The van der Waals surface area contributed by atoms with Gasteiger partial charge >= 0.3 is 115 Å². The largest absolute Gasteiger partial charge is 1.00 e.